The molecular weight excluding hydrogens is 288 g/mol. The van der Waals surface area contributed by atoms with E-state index in [-0.39, 0.29) is 0 Å². The van der Waals surface area contributed by atoms with Crippen molar-refractivity contribution in [2.75, 3.05) is 23.4 Å². The van der Waals surface area contributed by atoms with Gasteiger partial charge in [0.25, 0.3) is 0 Å². The van der Waals surface area contributed by atoms with Gasteiger partial charge in [0.15, 0.2) is 0 Å². The number of hydrogen-bond acceptors (Lipinski definition) is 6. The molecule has 118 valence electrons. The Morgan fingerprint density at radius 1 is 1.04 bits per heavy atom. The predicted octanol–water partition coefficient (Wildman–Crippen LogP) is 2.88. The van der Waals surface area contributed by atoms with E-state index in [1.165, 1.54) is 16.7 Å². The van der Waals surface area contributed by atoms with E-state index in [0.717, 1.165) is 22.4 Å². The van der Waals surface area contributed by atoms with Crippen LogP contribution in [0.1, 0.15) is 16.7 Å². The van der Waals surface area contributed by atoms with Gasteiger partial charge in [0.2, 0.25) is 0 Å². The van der Waals surface area contributed by atoms with E-state index in [4.69, 9.17) is 5.73 Å². The molecule has 3 aromatic rings. The van der Waals surface area contributed by atoms with Gasteiger partial charge in [-0.3, -0.25) is 0 Å². The summed E-state index contributed by atoms with van der Waals surface area (Å²) in [5.74, 6) is 2.15. The van der Waals surface area contributed by atoms with Gasteiger partial charge in [-0.15, -0.1) is 0 Å². The molecule has 0 bridgehead atoms. The van der Waals surface area contributed by atoms with Crippen LogP contribution in [0.25, 0.3) is 10.8 Å². The summed E-state index contributed by atoms with van der Waals surface area (Å²) in [7, 11) is 1.84. The highest BCUT2D eigenvalue weighted by Crippen LogP contribution is 2.28. The summed E-state index contributed by atoms with van der Waals surface area (Å²) in [6.45, 7) is 4.90. The molecule has 0 unspecified atom stereocenters. The molecule has 1 aromatic carbocycles. The highest BCUT2D eigenvalue weighted by Gasteiger charge is 2.10. The van der Waals surface area contributed by atoms with Gasteiger partial charge in [-0.25, -0.2) is 15.0 Å². The van der Waals surface area contributed by atoms with E-state index < -0.39 is 0 Å². The summed E-state index contributed by atoms with van der Waals surface area (Å²) < 4.78 is 0. The van der Waals surface area contributed by atoms with Crippen molar-refractivity contribution in [3.8, 4) is 0 Å². The van der Waals surface area contributed by atoms with Crippen LogP contribution in [0.4, 0.5) is 17.5 Å². The minimum Gasteiger partial charge on any atom is -0.383 e. The second kappa shape index (κ2) is 6.08. The molecule has 2 aromatic heterocycles. The van der Waals surface area contributed by atoms with Gasteiger partial charge in [0.05, 0.1) is 0 Å². The largest absolute Gasteiger partial charge is 0.383 e. The van der Waals surface area contributed by atoms with Crippen molar-refractivity contribution in [1.29, 1.82) is 0 Å². The lowest BCUT2D eigenvalue weighted by Gasteiger charge is -2.15. The smallest absolute Gasteiger partial charge is 0.131 e. The van der Waals surface area contributed by atoms with Gasteiger partial charge in [0.1, 0.15) is 23.8 Å². The molecule has 3 rings (SSSR count). The number of nitrogens with zero attached hydrogens (tertiary/aromatic N) is 3. The summed E-state index contributed by atoms with van der Waals surface area (Å²) in [6.07, 6.45) is 3.29. The number of nitrogens with two attached hydrogens (primary N) is 1. The van der Waals surface area contributed by atoms with Crippen LogP contribution in [-0.4, -0.2) is 22.0 Å². The van der Waals surface area contributed by atoms with Crippen LogP contribution in [0.2, 0.25) is 0 Å². The summed E-state index contributed by atoms with van der Waals surface area (Å²) in [6, 6.07) is 5.99. The van der Waals surface area contributed by atoms with Crippen molar-refractivity contribution in [2.45, 2.75) is 20.4 Å². The fraction of sp³-hybridized carbons (Fsp3) is 0.235. The van der Waals surface area contributed by atoms with Gasteiger partial charge < -0.3 is 16.4 Å². The van der Waals surface area contributed by atoms with Crippen LogP contribution >= 0.6 is 0 Å². The van der Waals surface area contributed by atoms with Crippen molar-refractivity contribution in [1.82, 2.24) is 15.0 Å². The zero-order valence-electron chi connectivity index (χ0n) is 13.5. The number of nitrogen functional groups attached to an aromatic ring is 1. The molecule has 0 saturated heterocycles. The second-order valence-corrected chi connectivity index (χ2v) is 5.48. The SMILES string of the molecule is CNc1cc(NCc2c(C)cc3c(N)nccc3c2C)ncn1. The highest BCUT2D eigenvalue weighted by molar-refractivity contribution is 5.94. The van der Waals surface area contributed by atoms with E-state index in [0.29, 0.717) is 12.4 Å². The molecule has 4 N–H and O–H groups in total. The molecule has 2 heterocycles. The predicted molar refractivity (Wildman–Crippen MR) is 94.5 cm³/mol. The van der Waals surface area contributed by atoms with E-state index in [9.17, 15) is 0 Å². The molecule has 0 aliphatic carbocycles. The molecule has 0 spiro atoms. The van der Waals surface area contributed by atoms with E-state index in [1.54, 1.807) is 12.5 Å². The maximum atomic E-state index is 5.99. The molecule has 0 radical (unpaired) electrons. The Morgan fingerprint density at radius 3 is 2.61 bits per heavy atom. The molecule has 6 heteroatoms. The number of nitrogens with one attached hydrogen (secondary N) is 2. The van der Waals surface area contributed by atoms with Gasteiger partial charge in [-0.05, 0) is 48.1 Å². The quantitative estimate of drug-likeness (QED) is 0.687. The Kier molecular flexibility index (Phi) is 3.97. The fourth-order valence-corrected chi connectivity index (χ4v) is 2.77. The van der Waals surface area contributed by atoms with E-state index in [1.807, 2.05) is 19.2 Å². The van der Waals surface area contributed by atoms with Crippen LogP contribution in [0.5, 0.6) is 0 Å². The van der Waals surface area contributed by atoms with E-state index in [2.05, 4.69) is 45.5 Å². The van der Waals surface area contributed by atoms with Crippen LogP contribution in [0.3, 0.4) is 0 Å². The standard InChI is InChI=1S/C17H20N6/c1-10-6-13-12(4-5-20-17(13)18)11(2)14(10)8-21-16-7-15(19-3)22-9-23-16/h4-7,9H,8H2,1-3H3,(H2,18,20)(H2,19,21,22,23). The molecular formula is C17H20N6. The van der Waals surface area contributed by atoms with E-state index >= 15 is 0 Å². The third-order valence-electron chi connectivity index (χ3n) is 4.08. The minimum atomic E-state index is 0.572. The lowest BCUT2D eigenvalue weighted by molar-refractivity contribution is 1.06. The first-order valence-electron chi connectivity index (χ1n) is 7.47. The van der Waals surface area contributed by atoms with Crippen molar-refractivity contribution in [3.63, 3.8) is 0 Å². The van der Waals surface area contributed by atoms with Crippen LogP contribution in [-0.2, 0) is 6.54 Å². The lowest BCUT2D eigenvalue weighted by atomic mass is 9.96. The molecule has 0 aliphatic heterocycles. The number of aromatic nitrogens is 3. The molecule has 0 atom stereocenters. The molecule has 23 heavy (non-hydrogen) atoms. The number of hydrogen-bond donors (Lipinski definition) is 3. The first-order chi connectivity index (χ1) is 11.1. The third kappa shape index (κ3) is 2.88. The number of pyridine rings is 1. The number of anilines is 3. The van der Waals surface area contributed by atoms with Crippen molar-refractivity contribution in [3.05, 3.63) is 47.4 Å². The molecule has 0 saturated carbocycles. The number of aryl methyl sites for hydroxylation is 2. The zero-order valence-corrected chi connectivity index (χ0v) is 13.5. The molecule has 0 fully saturated rings. The topological polar surface area (TPSA) is 88.8 Å². The highest BCUT2D eigenvalue weighted by atomic mass is 15.1. The Morgan fingerprint density at radius 2 is 1.83 bits per heavy atom. The maximum Gasteiger partial charge on any atom is 0.131 e. The Labute approximate surface area is 135 Å². The molecule has 0 aliphatic rings. The Balaban J connectivity index is 1.93. The van der Waals surface area contributed by atoms with Crippen LogP contribution in [0, 0.1) is 13.8 Å². The van der Waals surface area contributed by atoms with Crippen LogP contribution < -0.4 is 16.4 Å². The monoisotopic (exact) mass is 308 g/mol. The Bertz CT molecular complexity index is 859. The average molecular weight is 308 g/mol. The van der Waals surface area contributed by atoms with Gasteiger partial charge in [-0.1, -0.05) is 0 Å². The van der Waals surface area contributed by atoms with Crippen molar-refractivity contribution >= 4 is 28.2 Å². The van der Waals surface area contributed by atoms with Gasteiger partial charge in [0, 0.05) is 31.2 Å². The Hall–Kier alpha value is -2.89. The van der Waals surface area contributed by atoms with Crippen molar-refractivity contribution in [2.24, 2.45) is 0 Å². The van der Waals surface area contributed by atoms with Gasteiger partial charge in [-0.2, -0.15) is 0 Å². The number of fused-ring (bicyclic) bond motifs is 1. The first-order valence-corrected chi connectivity index (χ1v) is 7.47. The first kappa shape index (κ1) is 15.0. The third-order valence-corrected chi connectivity index (χ3v) is 4.08. The minimum absolute atomic E-state index is 0.572. The van der Waals surface area contributed by atoms with Crippen molar-refractivity contribution < 1.29 is 0 Å². The average Bonchev–Trinajstić information content (AvgIpc) is 2.56. The molecule has 0 amide bonds. The normalized spacial score (nSPS) is 10.7. The number of rotatable bonds is 4. The second-order valence-electron chi connectivity index (χ2n) is 5.48. The summed E-state index contributed by atoms with van der Waals surface area (Å²) >= 11 is 0. The van der Waals surface area contributed by atoms with Crippen LogP contribution in [0.15, 0.2) is 30.7 Å². The molecule has 6 nitrogen and oxygen atoms in total. The van der Waals surface area contributed by atoms with Gasteiger partial charge >= 0.3 is 0 Å². The fourth-order valence-electron chi connectivity index (χ4n) is 2.77. The number of benzene rings is 1. The lowest BCUT2D eigenvalue weighted by Crippen LogP contribution is -2.07. The summed E-state index contributed by atoms with van der Waals surface area (Å²) in [5.41, 5.74) is 9.63. The summed E-state index contributed by atoms with van der Waals surface area (Å²) in [4.78, 5) is 12.5. The zero-order chi connectivity index (χ0) is 16.4. The maximum absolute atomic E-state index is 5.99. The summed E-state index contributed by atoms with van der Waals surface area (Å²) in [5, 5.41) is 8.51.